The molecule has 4 N–H and O–H groups in total. The van der Waals surface area contributed by atoms with Gasteiger partial charge in [-0.25, -0.2) is 25.6 Å². The number of pyridine rings is 1. The number of nitrogens with two attached hydrogens (primary N) is 1. The van der Waals surface area contributed by atoms with Gasteiger partial charge >= 0.3 is 6.09 Å². The first-order chi connectivity index (χ1) is 10.9. The van der Waals surface area contributed by atoms with Crippen LogP contribution in [-0.4, -0.2) is 57.2 Å². The van der Waals surface area contributed by atoms with Gasteiger partial charge in [0.25, 0.3) is 0 Å². The van der Waals surface area contributed by atoms with Crippen LogP contribution >= 0.6 is 23.2 Å². The van der Waals surface area contributed by atoms with Gasteiger partial charge in [-0.05, 0) is 6.07 Å². The van der Waals surface area contributed by atoms with Crippen LogP contribution in [-0.2, 0) is 0 Å². The van der Waals surface area contributed by atoms with Crippen molar-refractivity contribution in [3.05, 3.63) is 16.2 Å². The van der Waals surface area contributed by atoms with Gasteiger partial charge in [0.05, 0.1) is 11.1 Å². The number of halogens is 2. The molecule has 122 valence electrons. The van der Waals surface area contributed by atoms with E-state index in [1.807, 2.05) is 4.90 Å². The summed E-state index contributed by atoms with van der Waals surface area (Å²) in [6.07, 6.45) is -0.973. The molecule has 23 heavy (non-hydrogen) atoms. The third-order valence-electron chi connectivity index (χ3n) is 3.70. The lowest BCUT2D eigenvalue weighted by atomic mass is 10.1. The van der Waals surface area contributed by atoms with E-state index in [1.54, 1.807) is 6.07 Å². The standard InChI is InChI=1S/C12H13Cl2N7O2/c1-20(12(22)23)5-3-21(4-5)11-10(19-15)16-7-2-6(13)8(14)17-9(7)18-11/h2,5H,3-4,15H2,1H3,(H,16,19)(H,22,23). The summed E-state index contributed by atoms with van der Waals surface area (Å²) >= 11 is 11.8. The number of nitrogen functional groups attached to an aromatic ring is 1. The number of rotatable bonds is 3. The fourth-order valence-corrected chi connectivity index (χ4v) is 2.56. The van der Waals surface area contributed by atoms with E-state index in [-0.39, 0.29) is 16.2 Å². The average molecular weight is 358 g/mol. The van der Waals surface area contributed by atoms with Crippen LogP contribution in [0, 0.1) is 0 Å². The van der Waals surface area contributed by atoms with Crippen molar-refractivity contribution in [3.8, 4) is 0 Å². The van der Waals surface area contributed by atoms with Crippen LogP contribution < -0.4 is 16.2 Å². The summed E-state index contributed by atoms with van der Waals surface area (Å²) in [7, 11) is 1.53. The SMILES string of the molecule is CN(C(=O)O)C1CN(c2nc3nc(Cl)c(Cl)cc3nc2NN)C1. The molecule has 3 heterocycles. The molecule has 3 rings (SSSR count). The van der Waals surface area contributed by atoms with Crippen molar-refractivity contribution in [2.24, 2.45) is 5.84 Å². The first kappa shape index (κ1) is 15.8. The monoisotopic (exact) mass is 357 g/mol. The Labute approximate surface area is 141 Å². The van der Waals surface area contributed by atoms with Crippen molar-refractivity contribution < 1.29 is 9.90 Å². The van der Waals surface area contributed by atoms with Crippen molar-refractivity contribution in [1.82, 2.24) is 19.9 Å². The molecule has 0 radical (unpaired) electrons. The van der Waals surface area contributed by atoms with Gasteiger partial charge in [-0.1, -0.05) is 23.2 Å². The molecule has 0 unspecified atom stereocenters. The van der Waals surface area contributed by atoms with E-state index in [9.17, 15) is 4.79 Å². The molecule has 0 spiro atoms. The number of hydrogen-bond donors (Lipinski definition) is 3. The molecule has 1 aliphatic rings. The normalized spacial score (nSPS) is 14.7. The van der Waals surface area contributed by atoms with Crippen molar-refractivity contribution in [2.75, 3.05) is 30.5 Å². The fraction of sp³-hybridized carbons (Fsp3) is 0.333. The van der Waals surface area contributed by atoms with Gasteiger partial charge in [-0.3, -0.25) is 0 Å². The Morgan fingerprint density at radius 1 is 1.43 bits per heavy atom. The molecule has 1 saturated heterocycles. The first-order valence-electron chi connectivity index (χ1n) is 6.61. The highest BCUT2D eigenvalue weighted by Gasteiger charge is 2.35. The summed E-state index contributed by atoms with van der Waals surface area (Å²) in [5, 5.41) is 9.40. The van der Waals surface area contributed by atoms with Crippen LogP contribution in [0.5, 0.6) is 0 Å². The lowest BCUT2D eigenvalue weighted by Gasteiger charge is -2.43. The Balaban J connectivity index is 1.92. The Hall–Kier alpha value is -2.10. The van der Waals surface area contributed by atoms with Gasteiger partial charge in [0, 0.05) is 20.1 Å². The number of carbonyl (C=O) groups is 1. The molecule has 11 heteroatoms. The lowest BCUT2D eigenvalue weighted by Crippen LogP contribution is -2.60. The molecular formula is C12H13Cl2N7O2. The van der Waals surface area contributed by atoms with E-state index >= 15 is 0 Å². The topological polar surface area (TPSA) is 120 Å². The predicted octanol–water partition coefficient (Wildman–Crippen LogP) is 1.42. The highest BCUT2D eigenvalue weighted by Crippen LogP contribution is 2.30. The minimum atomic E-state index is -0.973. The highest BCUT2D eigenvalue weighted by molar-refractivity contribution is 6.41. The molecule has 0 aromatic carbocycles. The molecule has 1 amide bonds. The molecule has 2 aromatic rings. The highest BCUT2D eigenvalue weighted by atomic mass is 35.5. The smallest absolute Gasteiger partial charge is 0.407 e. The van der Waals surface area contributed by atoms with Crippen LogP contribution in [0.15, 0.2) is 6.07 Å². The number of aromatic nitrogens is 3. The summed E-state index contributed by atoms with van der Waals surface area (Å²) in [6, 6.07) is 1.44. The number of hydrazine groups is 1. The molecule has 9 nitrogen and oxygen atoms in total. The van der Waals surface area contributed by atoms with E-state index in [4.69, 9.17) is 34.2 Å². The molecule has 2 aromatic heterocycles. The van der Waals surface area contributed by atoms with E-state index in [2.05, 4.69) is 20.4 Å². The van der Waals surface area contributed by atoms with Gasteiger partial charge in [0.2, 0.25) is 0 Å². The van der Waals surface area contributed by atoms with Crippen LogP contribution in [0.25, 0.3) is 11.2 Å². The summed E-state index contributed by atoms with van der Waals surface area (Å²) < 4.78 is 0. The molecule has 1 fully saturated rings. The maximum atomic E-state index is 11.0. The van der Waals surface area contributed by atoms with E-state index in [0.29, 0.717) is 35.9 Å². The van der Waals surface area contributed by atoms with E-state index < -0.39 is 6.09 Å². The Morgan fingerprint density at radius 2 is 2.13 bits per heavy atom. The second kappa shape index (κ2) is 5.84. The van der Waals surface area contributed by atoms with Gasteiger partial charge in [-0.15, -0.1) is 0 Å². The molecular weight excluding hydrogens is 345 g/mol. The number of likely N-dealkylation sites (N-methyl/N-ethyl adjacent to an activating group) is 1. The molecule has 0 bridgehead atoms. The minimum absolute atomic E-state index is 0.114. The maximum absolute atomic E-state index is 11.0. The van der Waals surface area contributed by atoms with Gasteiger partial charge in [0.15, 0.2) is 17.3 Å². The number of carboxylic acid groups (broad SMARTS) is 1. The largest absolute Gasteiger partial charge is 0.465 e. The van der Waals surface area contributed by atoms with Crippen LogP contribution in [0.3, 0.4) is 0 Å². The van der Waals surface area contributed by atoms with E-state index in [0.717, 1.165) is 0 Å². The summed E-state index contributed by atoms with van der Waals surface area (Å²) in [6.45, 7) is 0.970. The molecule has 1 aliphatic heterocycles. The maximum Gasteiger partial charge on any atom is 0.407 e. The predicted molar refractivity (Wildman–Crippen MR) is 87.0 cm³/mol. The van der Waals surface area contributed by atoms with E-state index in [1.165, 1.54) is 11.9 Å². The zero-order chi connectivity index (χ0) is 16.7. The van der Waals surface area contributed by atoms with Crippen LogP contribution in [0.4, 0.5) is 16.4 Å². The number of amides is 1. The number of nitrogens with zero attached hydrogens (tertiary/aromatic N) is 5. The number of fused-ring (bicyclic) bond motifs is 1. The molecule has 0 atom stereocenters. The average Bonchev–Trinajstić information content (AvgIpc) is 2.46. The number of nitrogens with one attached hydrogen (secondary N) is 1. The first-order valence-corrected chi connectivity index (χ1v) is 7.37. The fourth-order valence-electron chi connectivity index (χ4n) is 2.28. The van der Waals surface area contributed by atoms with Crippen molar-refractivity contribution in [3.63, 3.8) is 0 Å². The number of anilines is 2. The number of hydrogen-bond acceptors (Lipinski definition) is 7. The minimum Gasteiger partial charge on any atom is -0.465 e. The van der Waals surface area contributed by atoms with Gasteiger partial charge in [0.1, 0.15) is 10.7 Å². The molecule has 0 aliphatic carbocycles. The molecule has 0 saturated carbocycles. The second-order valence-corrected chi connectivity index (χ2v) is 5.86. The van der Waals surface area contributed by atoms with Crippen molar-refractivity contribution in [1.29, 1.82) is 0 Å². The summed E-state index contributed by atoms with van der Waals surface area (Å²) in [4.78, 5) is 26.9. The van der Waals surface area contributed by atoms with Crippen LogP contribution in [0.2, 0.25) is 10.2 Å². The Kier molecular flexibility index (Phi) is 4.00. The zero-order valence-corrected chi connectivity index (χ0v) is 13.5. The van der Waals surface area contributed by atoms with Crippen molar-refractivity contribution >= 4 is 52.1 Å². The van der Waals surface area contributed by atoms with Gasteiger partial charge in [-0.2, -0.15) is 0 Å². The zero-order valence-electron chi connectivity index (χ0n) is 12.0. The third-order valence-corrected chi connectivity index (χ3v) is 4.37. The third kappa shape index (κ3) is 2.78. The van der Waals surface area contributed by atoms with Crippen molar-refractivity contribution in [2.45, 2.75) is 6.04 Å². The lowest BCUT2D eigenvalue weighted by molar-refractivity contribution is 0.130. The Morgan fingerprint density at radius 3 is 2.74 bits per heavy atom. The quantitative estimate of drug-likeness (QED) is 0.428. The second-order valence-electron chi connectivity index (χ2n) is 5.10. The Bertz CT molecular complexity index is 782. The summed E-state index contributed by atoms with van der Waals surface area (Å²) in [5.41, 5.74) is 3.28. The van der Waals surface area contributed by atoms with Crippen LogP contribution in [0.1, 0.15) is 0 Å². The van der Waals surface area contributed by atoms with Gasteiger partial charge < -0.3 is 20.3 Å². The summed E-state index contributed by atoms with van der Waals surface area (Å²) in [5.74, 6) is 6.35.